The largest absolute Gasteiger partial charge is 0.448 e. The van der Waals surface area contributed by atoms with E-state index in [0.29, 0.717) is 19.7 Å². The molecule has 1 amide bonds. The molecule has 0 aliphatic rings. The lowest BCUT2D eigenvalue weighted by atomic mass is 10.5. The predicted octanol–water partition coefficient (Wildman–Crippen LogP) is 1.81. The molecule has 0 fully saturated rings. The van der Waals surface area contributed by atoms with Gasteiger partial charge in [0.1, 0.15) is 6.61 Å². The number of nitrogens with zero attached hydrogens (tertiary/aromatic N) is 2. The molecule has 0 unspecified atom stereocenters. The summed E-state index contributed by atoms with van der Waals surface area (Å²) in [6.07, 6.45) is -0.202. The Morgan fingerprint density at radius 2 is 1.53 bits per heavy atom. The lowest BCUT2D eigenvalue weighted by molar-refractivity contribution is 0.0949. The van der Waals surface area contributed by atoms with E-state index in [2.05, 4.69) is 18.7 Å². The first kappa shape index (κ1) is 14.2. The van der Waals surface area contributed by atoms with Crippen LogP contribution < -0.4 is 0 Å². The van der Waals surface area contributed by atoms with Crippen LogP contribution in [-0.4, -0.2) is 55.2 Å². The van der Waals surface area contributed by atoms with Gasteiger partial charge in [-0.1, -0.05) is 13.8 Å². The molecule has 0 saturated carbocycles. The Balaban J connectivity index is 3.70. The molecule has 0 radical (unpaired) electrons. The Bertz CT molecular complexity index is 166. The molecular formula is C11H24N2O2. The summed E-state index contributed by atoms with van der Waals surface area (Å²) < 4.78 is 5.17. The van der Waals surface area contributed by atoms with Crippen molar-refractivity contribution in [3.63, 3.8) is 0 Å². The van der Waals surface area contributed by atoms with E-state index in [4.69, 9.17) is 4.74 Å². The smallest absolute Gasteiger partial charge is 0.409 e. The molecule has 0 aromatic carbocycles. The molecule has 0 N–H and O–H groups in total. The lowest BCUT2D eigenvalue weighted by Gasteiger charge is -2.21. The van der Waals surface area contributed by atoms with E-state index in [1.807, 2.05) is 13.8 Å². The van der Waals surface area contributed by atoms with Crippen LogP contribution in [0.3, 0.4) is 0 Å². The zero-order valence-corrected chi connectivity index (χ0v) is 10.5. The Morgan fingerprint density at radius 3 is 1.93 bits per heavy atom. The van der Waals surface area contributed by atoms with Crippen molar-refractivity contribution >= 4 is 6.09 Å². The summed E-state index contributed by atoms with van der Waals surface area (Å²) in [4.78, 5) is 15.4. The number of rotatable bonds is 7. The van der Waals surface area contributed by atoms with Gasteiger partial charge in [-0.05, 0) is 26.9 Å². The molecule has 0 heterocycles. The van der Waals surface area contributed by atoms with Gasteiger partial charge in [0, 0.05) is 19.6 Å². The first-order valence-corrected chi connectivity index (χ1v) is 5.83. The molecular weight excluding hydrogens is 192 g/mol. The van der Waals surface area contributed by atoms with E-state index in [1.54, 1.807) is 4.90 Å². The number of hydrogen-bond donors (Lipinski definition) is 0. The molecule has 0 rings (SSSR count). The standard InChI is InChI=1S/C11H24N2O2/c1-5-12(6-2)9-10-15-11(14)13(7-3)8-4/h5-10H2,1-4H3. The van der Waals surface area contributed by atoms with Gasteiger partial charge in [0.15, 0.2) is 0 Å². The van der Waals surface area contributed by atoms with E-state index >= 15 is 0 Å². The summed E-state index contributed by atoms with van der Waals surface area (Å²) in [5.41, 5.74) is 0. The van der Waals surface area contributed by atoms with Crippen LogP contribution in [0.1, 0.15) is 27.7 Å². The molecule has 0 aromatic heterocycles. The fourth-order valence-corrected chi connectivity index (χ4v) is 1.37. The van der Waals surface area contributed by atoms with Crippen LogP contribution in [0.2, 0.25) is 0 Å². The van der Waals surface area contributed by atoms with Crippen LogP contribution in [0.15, 0.2) is 0 Å². The Kier molecular flexibility index (Phi) is 8.09. The number of carbonyl (C=O) groups is 1. The molecule has 0 aliphatic heterocycles. The zero-order chi connectivity index (χ0) is 11.7. The first-order chi connectivity index (χ1) is 7.19. The fourth-order valence-electron chi connectivity index (χ4n) is 1.37. The molecule has 4 heteroatoms. The predicted molar refractivity (Wildman–Crippen MR) is 62.1 cm³/mol. The number of ether oxygens (including phenoxy) is 1. The van der Waals surface area contributed by atoms with Crippen molar-refractivity contribution in [3.8, 4) is 0 Å². The van der Waals surface area contributed by atoms with Crippen LogP contribution in [0.5, 0.6) is 0 Å². The number of likely N-dealkylation sites (N-methyl/N-ethyl adjacent to an activating group) is 1. The Hall–Kier alpha value is -0.770. The van der Waals surface area contributed by atoms with Gasteiger partial charge < -0.3 is 14.5 Å². The van der Waals surface area contributed by atoms with Crippen molar-refractivity contribution in [2.24, 2.45) is 0 Å². The van der Waals surface area contributed by atoms with Crippen molar-refractivity contribution in [1.29, 1.82) is 0 Å². The van der Waals surface area contributed by atoms with Gasteiger partial charge in [-0.15, -0.1) is 0 Å². The topological polar surface area (TPSA) is 32.8 Å². The lowest BCUT2D eigenvalue weighted by Crippen LogP contribution is -2.34. The maximum Gasteiger partial charge on any atom is 0.409 e. The van der Waals surface area contributed by atoms with Crippen LogP contribution >= 0.6 is 0 Å². The average Bonchev–Trinajstić information content (AvgIpc) is 2.26. The third kappa shape index (κ3) is 5.62. The SMILES string of the molecule is CCN(CC)CCOC(=O)N(CC)CC. The highest BCUT2D eigenvalue weighted by molar-refractivity contribution is 5.67. The second-order valence-electron chi connectivity index (χ2n) is 3.31. The normalized spacial score (nSPS) is 10.5. The summed E-state index contributed by atoms with van der Waals surface area (Å²) >= 11 is 0. The average molecular weight is 216 g/mol. The number of amides is 1. The van der Waals surface area contributed by atoms with Gasteiger partial charge in [-0.3, -0.25) is 0 Å². The van der Waals surface area contributed by atoms with Crippen molar-refractivity contribution in [2.75, 3.05) is 39.3 Å². The monoisotopic (exact) mass is 216 g/mol. The van der Waals surface area contributed by atoms with Gasteiger partial charge in [0.2, 0.25) is 0 Å². The summed E-state index contributed by atoms with van der Waals surface area (Å²) in [6.45, 7) is 12.8. The van der Waals surface area contributed by atoms with Crippen LogP contribution in [0, 0.1) is 0 Å². The molecule has 0 saturated heterocycles. The maximum atomic E-state index is 11.4. The zero-order valence-electron chi connectivity index (χ0n) is 10.5. The van der Waals surface area contributed by atoms with Crippen molar-refractivity contribution in [1.82, 2.24) is 9.80 Å². The molecule has 0 aromatic rings. The van der Waals surface area contributed by atoms with E-state index < -0.39 is 0 Å². The van der Waals surface area contributed by atoms with Crippen molar-refractivity contribution in [3.05, 3.63) is 0 Å². The highest BCUT2D eigenvalue weighted by Gasteiger charge is 2.10. The molecule has 0 atom stereocenters. The van der Waals surface area contributed by atoms with Crippen LogP contribution in [-0.2, 0) is 4.74 Å². The Labute approximate surface area is 93.2 Å². The van der Waals surface area contributed by atoms with E-state index in [9.17, 15) is 4.79 Å². The van der Waals surface area contributed by atoms with Gasteiger partial charge in [0.05, 0.1) is 0 Å². The number of hydrogen-bond acceptors (Lipinski definition) is 3. The Morgan fingerprint density at radius 1 is 1.00 bits per heavy atom. The minimum atomic E-state index is -0.202. The second-order valence-corrected chi connectivity index (χ2v) is 3.31. The molecule has 90 valence electrons. The molecule has 4 nitrogen and oxygen atoms in total. The quantitative estimate of drug-likeness (QED) is 0.650. The number of carbonyl (C=O) groups excluding carboxylic acids is 1. The van der Waals surface area contributed by atoms with Crippen LogP contribution in [0.25, 0.3) is 0 Å². The minimum absolute atomic E-state index is 0.202. The first-order valence-electron chi connectivity index (χ1n) is 5.83. The van der Waals surface area contributed by atoms with Gasteiger partial charge >= 0.3 is 6.09 Å². The molecule has 0 aliphatic carbocycles. The van der Waals surface area contributed by atoms with Crippen molar-refractivity contribution < 1.29 is 9.53 Å². The third-order valence-corrected chi connectivity index (χ3v) is 2.55. The molecule has 0 bridgehead atoms. The highest BCUT2D eigenvalue weighted by Crippen LogP contribution is 1.94. The summed E-state index contributed by atoms with van der Waals surface area (Å²) in [6, 6.07) is 0. The van der Waals surface area contributed by atoms with Gasteiger partial charge in [0.25, 0.3) is 0 Å². The van der Waals surface area contributed by atoms with E-state index in [1.165, 1.54) is 0 Å². The van der Waals surface area contributed by atoms with Crippen LogP contribution in [0.4, 0.5) is 4.79 Å². The molecule has 15 heavy (non-hydrogen) atoms. The van der Waals surface area contributed by atoms with Crippen molar-refractivity contribution in [2.45, 2.75) is 27.7 Å². The third-order valence-electron chi connectivity index (χ3n) is 2.55. The summed E-state index contributed by atoms with van der Waals surface area (Å²) in [7, 11) is 0. The van der Waals surface area contributed by atoms with E-state index in [0.717, 1.165) is 19.6 Å². The highest BCUT2D eigenvalue weighted by atomic mass is 16.6. The molecule has 0 spiro atoms. The minimum Gasteiger partial charge on any atom is -0.448 e. The summed E-state index contributed by atoms with van der Waals surface area (Å²) in [5, 5.41) is 0. The van der Waals surface area contributed by atoms with Gasteiger partial charge in [-0.2, -0.15) is 0 Å². The summed E-state index contributed by atoms with van der Waals surface area (Å²) in [5.74, 6) is 0. The second kappa shape index (κ2) is 8.53. The van der Waals surface area contributed by atoms with Gasteiger partial charge in [-0.25, -0.2) is 4.79 Å². The fraction of sp³-hybridized carbons (Fsp3) is 0.909. The van der Waals surface area contributed by atoms with E-state index in [-0.39, 0.29) is 6.09 Å². The maximum absolute atomic E-state index is 11.4.